The van der Waals surface area contributed by atoms with Crippen LogP contribution in [0.2, 0.25) is 0 Å². The number of nitriles is 1. The van der Waals surface area contributed by atoms with Gasteiger partial charge in [-0.3, -0.25) is 0 Å². The summed E-state index contributed by atoms with van der Waals surface area (Å²) in [5.41, 5.74) is 2.86. The van der Waals surface area contributed by atoms with Gasteiger partial charge in [0.15, 0.2) is 0 Å². The fourth-order valence-corrected chi connectivity index (χ4v) is 2.84. The number of halogens is 1. The van der Waals surface area contributed by atoms with E-state index >= 15 is 0 Å². The minimum atomic E-state index is 0.238. The molecule has 0 amide bonds. The highest BCUT2D eigenvalue weighted by Gasteiger charge is 2.06. The number of anilines is 1. The van der Waals surface area contributed by atoms with E-state index in [9.17, 15) is 0 Å². The maximum atomic E-state index is 8.91. The second-order valence-corrected chi connectivity index (χ2v) is 5.46. The van der Waals surface area contributed by atoms with Crippen molar-refractivity contribution in [3.05, 3.63) is 50.6 Å². The van der Waals surface area contributed by atoms with Gasteiger partial charge in [0.05, 0.1) is 11.6 Å². The van der Waals surface area contributed by atoms with E-state index in [0.717, 1.165) is 10.2 Å². The maximum Gasteiger partial charge on any atom is 0.0992 e. The molecule has 2 aromatic rings. The molecule has 0 aliphatic carbocycles. The van der Waals surface area contributed by atoms with E-state index in [1.54, 1.807) is 17.4 Å². The van der Waals surface area contributed by atoms with Crippen LogP contribution in [0.25, 0.3) is 0 Å². The van der Waals surface area contributed by atoms with Crippen LogP contribution in [0, 0.1) is 11.3 Å². The van der Waals surface area contributed by atoms with E-state index in [1.807, 2.05) is 12.1 Å². The number of nitrogens with one attached hydrogen (secondary N) is 1. The van der Waals surface area contributed by atoms with Crippen LogP contribution < -0.4 is 5.32 Å². The molecule has 0 bridgehead atoms. The maximum absolute atomic E-state index is 8.91. The third-order valence-corrected chi connectivity index (χ3v) is 3.61. The van der Waals surface area contributed by atoms with Crippen LogP contribution in [0.3, 0.4) is 0 Å². The molecule has 0 aliphatic heterocycles. The topological polar surface area (TPSA) is 35.8 Å². The number of rotatable bonds is 3. The number of nitrogens with zero attached hydrogens (tertiary/aromatic N) is 1. The predicted octanol–water partition coefficient (Wildman–Crippen LogP) is 4.56. The minimum absolute atomic E-state index is 0.238. The van der Waals surface area contributed by atoms with Gasteiger partial charge in [0.2, 0.25) is 0 Å². The summed E-state index contributed by atoms with van der Waals surface area (Å²) in [6.07, 6.45) is 0. The van der Waals surface area contributed by atoms with Crippen molar-refractivity contribution >= 4 is 33.0 Å². The Morgan fingerprint density at radius 1 is 1.41 bits per heavy atom. The zero-order valence-electron chi connectivity index (χ0n) is 9.27. The molecule has 0 aliphatic rings. The summed E-state index contributed by atoms with van der Waals surface area (Å²) in [5, 5.41) is 16.5. The molecule has 0 radical (unpaired) electrons. The lowest BCUT2D eigenvalue weighted by Crippen LogP contribution is -2.05. The Morgan fingerprint density at radius 2 is 2.24 bits per heavy atom. The first-order chi connectivity index (χ1) is 8.19. The molecule has 2 rings (SSSR count). The molecular weight excluding hydrogens is 296 g/mol. The molecule has 1 aromatic heterocycles. The highest BCUT2D eigenvalue weighted by atomic mass is 79.9. The van der Waals surface area contributed by atoms with Crippen LogP contribution in [0.15, 0.2) is 39.5 Å². The summed E-state index contributed by atoms with van der Waals surface area (Å²) >= 11 is 5.09. The van der Waals surface area contributed by atoms with E-state index in [0.29, 0.717) is 5.56 Å². The lowest BCUT2D eigenvalue weighted by Gasteiger charge is -2.14. The molecule has 0 fully saturated rings. The van der Waals surface area contributed by atoms with Gasteiger partial charge in [-0.15, -0.1) is 0 Å². The molecule has 0 saturated carbocycles. The molecule has 1 unspecified atom stereocenters. The fourth-order valence-electron chi connectivity index (χ4n) is 1.59. The summed E-state index contributed by atoms with van der Waals surface area (Å²) < 4.78 is 0.913. The normalized spacial score (nSPS) is 11.8. The van der Waals surface area contributed by atoms with Gasteiger partial charge in [0, 0.05) is 16.2 Å². The number of benzene rings is 1. The number of hydrogen-bond acceptors (Lipinski definition) is 3. The Kier molecular flexibility index (Phi) is 3.82. The number of hydrogen-bond donors (Lipinski definition) is 1. The molecule has 1 aromatic carbocycles. The van der Waals surface area contributed by atoms with E-state index < -0.39 is 0 Å². The zero-order valence-corrected chi connectivity index (χ0v) is 11.7. The minimum Gasteiger partial charge on any atom is -0.378 e. The summed E-state index contributed by atoms with van der Waals surface area (Å²) in [6, 6.07) is 10.1. The molecule has 17 heavy (non-hydrogen) atoms. The summed E-state index contributed by atoms with van der Waals surface area (Å²) in [7, 11) is 0. The Bertz CT molecular complexity index is 543. The van der Waals surface area contributed by atoms with Gasteiger partial charge in [-0.05, 0) is 47.5 Å². The zero-order chi connectivity index (χ0) is 12.3. The van der Waals surface area contributed by atoms with Crippen molar-refractivity contribution in [3.8, 4) is 6.07 Å². The monoisotopic (exact) mass is 306 g/mol. The van der Waals surface area contributed by atoms with Gasteiger partial charge in [0.1, 0.15) is 0 Å². The summed E-state index contributed by atoms with van der Waals surface area (Å²) in [5.74, 6) is 0. The average Bonchev–Trinajstić information content (AvgIpc) is 2.81. The van der Waals surface area contributed by atoms with E-state index in [4.69, 9.17) is 5.26 Å². The smallest absolute Gasteiger partial charge is 0.0992 e. The van der Waals surface area contributed by atoms with E-state index in [1.165, 1.54) is 5.56 Å². The SMILES string of the molecule is CC(Nc1cc(Br)cc(C#N)c1)c1ccsc1. The number of thiophene rings is 1. The predicted molar refractivity (Wildman–Crippen MR) is 75.2 cm³/mol. The molecule has 1 heterocycles. The lowest BCUT2D eigenvalue weighted by molar-refractivity contribution is 0.890. The van der Waals surface area contributed by atoms with Crippen molar-refractivity contribution in [1.29, 1.82) is 5.26 Å². The first-order valence-electron chi connectivity index (χ1n) is 5.18. The van der Waals surface area contributed by atoms with Crippen LogP contribution in [-0.4, -0.2) is 0 Å². The van der Waals surface area contributed by atoms with Gasteiger partial charge in [-0.1, -0.05) is 15.9 Å². The average molecular weight is 307 g/mol. The van der Waals surface area contributed by atoms with Crippen molar-refractivity contribution in [1.82, 2.24) is 0 Å². The van der Waals surface area contributed by atoms with Crippen LogP contribution in [0.5, 0.6) is 0 Å². The molecule has 86 valence electrons. The Balaban J connectivity index is 2.19. The van der Waals surface area contributed by atoms with Crippen LogP contribution >= 0.6 is 27.3 Å². The molecule has 0 saturated heterocycles. The van der Waals surface area contributed by atoms with Crippen molar-refractivity contribution in [3.63, 3.8) is 0 Å². The molecule has 4 heteroatoms. The largest absolute Gasteiger partial charge is 0.378 e. The molecule has 0 spiro atoms. The van der Waals surface area contributed by atoms with E-state index in [2.05, 4.69) is 51.1 Å². The van der Waals surface area contributed by atoms with Crippen molar-refractivity contribution in [2.24, 2.45) is 0 Å². The summed E-state index contributed by atoms with van der Waals surface area (Å²) in [4.78, 5) is 0. The molecule has 2 nitrogen and oxygen atoms in total. The van der Waals surface area contributed by atoms with Crippen molar-refractivity contribution in [2.45, 2.75) is 13.0 Å². The van der Waals surface area contributed by atoms with Gasteiger partial charge >= 0.3 is 0 Å². The van der Waals surface area contributed by atoms with E-state index in [-0.39, 0.29) is 6.04 Å². The second kappa shape index (κ2) is 5.35. The standard InChI is InChI=1S/C13H11BrN2S/c1-9(11-2-3-17-8-11)16-13-5-10(7-15)4-12(14)6-13/h2-6,8-9,16H,1H3. The first kappa shape index (κ1) is 12.2. The second-order valence-electron chi connectivity index (χ2n) is 3.76. The first-order valence-corrected chi connectivity index (χ1v) is 6.92. The van der Waals surface area contributed by atoms with Gasteiger partial charge in [-0.25, -0.2) is 0 Å². The van der Waals surface area contributed by atoms with Gasteiger partial charge in [-0.2, -0.15) is 16.6 Å². The van der Waals surface area contributed by atoms with Gasteiger partial charge < -0.3 is 5.32 Å². The summed E-state index contributed by atoms with van der Waals surface area (Å²) in [6.45, 7) is 2.11. The lowest BCUT2D eigenvalue weighted by atomic mass is 10.1. The van der Waals surface area contributed by atoms with Crippen molar-refractivity contribution < 1.29 is 0 Å². The fraction of sp³-hybridized carbons (Fsp3) is 0.154. The molecular formula is C13H11BrN2S. The third-order valence-electron chi connectivity index (χ3n) is 2.45. The van der Waals surface area contributed by atoms with Gasteiger partial charge in [0.25, 0.3) is 0 Å². The molecule has 1 N–H and O–H groups in total. The van der Waals surface area contributed by atoms with Crippen molar-refractivity contribution in [2.75, 3.05) is 5.32 Å². The Morgan fingerprint density at radius 3 is 2.88 bits per heavy atom. The Hall–Kier alpha value is -1.31. The van der Waals surface area contributed by atoms with Crippen LogP contribution in [0.1, 0.15) is 24.1 Å². The highest BCUT2D eigenvalue weighted by Crippen LogP contribution is 2.24. The highest BCUT2D eigenvalue weighted by molar-refractivity contribution is 9.10. The van der Waals surface area contributed by atoms with Crippen LogP contribution in [-0.2, 0) is 0 Å². The molecule has 1 atom stereocenters. The third kappa shape index (κ3) is 3.09. The Labute approximate surface area is 113 Å². The quantitative estimate of drug-likeness (QED) is 0.902. The van der Waals surface area contributed by atoms with Crippen LogP contribution in [0.4, 0.5) is 5.69 Å².